The number of H-pyrrole nitrogens is 1. The van der Waals surface area contributed by atoms with Crippen LogP contribution in [0.25, 0.3) is 10.7 Å². The number of thiophene rings is 1. The number of carbonyl (C=O) groups is 2. The minimum absolute atomic E-state index is 0.0690. The smallest absolute Gasteiger partial charge is 0.343 e. The number of aromatic amines is 1. The summed E-state index contributed by atoms with van der Waals surface area (Å²) in [5, 5.41) is 6.87. The van der Waals surface area contributed by atoms with E-state index in [4.69, 9.17) is 28.4 Å². The highest BCUT2D eigenvalue weighted by molar-refractivity contribution is 7.71. The lowest BCUT2D eigenvalue weighted by molar-refractivity contribution is 0.0529. The molecular weight excluding hydrogens is 374 g/mol. The molecule has 0 aliphatic rings. The van der Waals surface area contributed by atoms with E-state index in [1.165, 1.54) is 4.57 Å². The van der Waals surface area contributed by atoms with Gasteiger partial charge in [0, 0.05) is 5.56 Å². The molecule has 0 amide bonds. The van der Waals surface area contributed by atoms with E-state index in [2.05, 4.69) is 10.2 Å². The predicted molar refractivity (Wildman–Crippen MR) is 102 cm³/mol. The SMILES string of the molecule is CCOC(=O)c1c(N)sc(-c2n[nH]c(=S)n2C(=O)c2ccccc2)c1N. The molecule has 26 heavy (non-hydrogen) atoms. The highest BCUT2D eigenvalue weighted by Gasteiger charge is 2.27. The fourth-order valence-electron chi connectivity index (χ4n) is 2.39. The van der Waals surface area contributed by atoms with Crippen molar-refractivity contribution in [3.8, 4) is 10.7 Å². The van der Waals surface area contributed by atoms with Crippen LogP contribution in [0.4, 0.5) is 10.7 Å². The van der Waals surface area contributed by atoms with Gasteiger partial charge in [-0.25, -0.2) is 9.36 Å². The summed E-state index contributed by atoms with van der Waals surface area (Å²) in [6.07, 6.45) is 0. The number of aromatic nitrogens is 3. The fourth-order valence-corrected chi connectivity index (χ4v) is 3.56. The molecule has 0 saturated heterocycles. The topological polar surface area (TPSA) is 129 Å². The second kappa shape index (κ2) is 7.10. The number of hydrogen-bond acceptors (Lipinski definition) is 8. The average molecular weight is 389 g/mol. The Kier molecular flexibility index (Phi) is 4.87. The lowest BCUT2D eigenvalue weighted by atomic mass is 10.2. The third kappa shape index (κ3) is 3.00. The minimum atomic E-state index is -0.625. The molecule has 0 aliphatic carbocycles. The van der Waals surface area contributed by atoms with Crippen LogP contribution in [0.1, 0.15) is 27.6 Å². The molecule has 5 N–H and O–H groups in total. The third-order valence-electron chi connectivity index (χ3n) is 3.55. The molecule has 0 saturated carbocycles. The Morgan fingerprint density at radius 2 is 2.00 bits per heavy atom. The van der Waals surface area contributed by atoms with Crippen LogP contribution >= 0.6 is 23.6 Å². The number of nitrogens with one attached hydrogen (secondary N) is 1. The molecule has 0 aliphatic heterocycles. The second-order valence-electron chi connectivity index (χ2n) is 5.16. The van der Waals surface area contributed by atoms with Crippen LogP contribution in [0.15, 0.2) is 30.3 Å². The summed E-state index contributed by atoms with van der Waals surface area (Å²) in [4.78, 5) is 25.3. The highest BCUT2D eigenvalue weighted by Crippen LogP contribution is 2.40. The molecule has 2 aromatic heterocycles. The van der Waals surface area contributed by atoms with Crippen LogP contribution in [-0.2, 0) is 4.74 Å². The van der Waals surface area contributed by atoms with Gasteiger partial charge in [0.05, 0.1) is 17.2 Å². The second-order valence-corrected chi connectivity index (χ2v) is 6.60. The van der Waals surface area contributed by atoms with Gasteiger partial charge in [0.25, 0.3) is 5.91 Å². The lowest BCUT2D eigenvalue weighted by Gasteiger charge is -2.05. The van der Waals surface area contributed by atoms with E-state index in [0.717, 1.165) is 11.3 Å². The van der Waals surface area contributed by atoms with Crippen molar-refractivity contribution >= 4 is 46.1 Å². The number of nitrogens with two attached hydrogens (primary N) is 2. The third-order valence-corrected chi connectivity index (χ3v) is 4.86. The molecule has 0 spiro atoms. The Bertz CT molecular complexity index is 1040. The van der Waals surface area contributed by atoms with Crippen LogP contribution in [0.5, 0.6) is 0 Å². The Morgan fingerprint density at radius 1 is 1.31 bits per heavy atom. The zero-order valence-corrected chi connectivity index (χ0v) is 15.3. The molecule has 1 aromatic carbocycles. The van der Waals surface area contributed by atoms with Gasteiger partial charge in [-0.1, -0.05) is 18.2 Å². The zero-order valence-electron chi connectivity index (χ0n) is 13.7. The first-order valence-electron chi connectivity index (χ1n) is 7.58. The standard InChI is InChI=1S/C16H15N5O3S2/c1-2-24-15(23)9-10(17)11(26-12(9)18)13-19-20-16(25)21(13)14(22)8-6-4-3-5-7-8/h3-7H,2,17-18H2,1H3,(H,20,25). The fraction of sp³-hybridized carbons (Fsp3) is 0.125. The number of anilines is 2. The van der Waals surface area contributed by atoms with Gasteiger partial charge in [0.2, 0.25) is 4.77 Å². The first-order chi connectivity index (χ1) is 12.5. The number of esters is 1. The summed E-state index contributed by atoms with van der Waals surface area (Å²) in [5.74, 6) is -0.808. The molecule has 2 heterocycles. The van der Waals surface area contributed by atoms with Crippen molar-refractivity contribution < 1.29 is 14.3 Å². The minimum Gasteiger partial charge on any atom is -0.462 e. The Morgan fingerprint density at radius 3 is 2.65 bits per heavy atom. The van der Waals surface area contributed by atoms with Crippen molar-refractivity contribution in [3.05, 3.63) is 46.2 Å². The van der Waals surface area contributed by atoms with E-state index in [-0.39, 0.29) is 39.4 Å². The molecule has 0 fully saturated rings. The summed E-state index contributed by atoms with van der Waals surface area (Å²) >= 11 is 6.23. The largest absolute Gasteiger partial charge is 0.462 e. The normalized spacial score (nSPS) is 10.7. The molecule has 0 radical (unpaired) electrons. The van der Waals surface area contributed by atoms with Crippen molar-refractivity contribution in [1.29, 1.82) is 0 Å². The first kappa shape index (κ1) is 17.8. The van der Waals surface area contributed by atoms with Gasteiger partial charge >= 0.3 is 5.97 Å². The highest BCUT2D eigenvalue weighted by atomic mass is 32.1. The van der Waals surface area contributed by atoms with E-state index in [0.29, 0.717) is 10.4 Å². The zero-order chi connectivity index (χ0) is 18.8. The molecular formula is C16H15N5O3S2. The summed E-state index contributed by atoms with van der Waals surface area (Å²) in [5.41, 5.74) is 12.6. The van der Waals surface area contributed by atoms with E-state index in [9.17, 15) is 9.59 Å². The lowest BCUT2D eigenvalue weighted by Crippen LogP contribution is -2.14. The van der Waals surface area contributed by atoms with Gasteiger partial charge < -0.3 is 16.2 Å². The monoisotopic (exact) mass is 389 g/mol. The maximum atomic E-state index is 12.8. The van der Waals surface area contributed by atoms with E-state index in [1.54, 1.807) is 37.3 Å². The Balaban J connectivity index is 2.13. The quantitative estimate of drug-likeness (QED) is 0.462. The Hall–Kier alpha value is -2.98. The van der Waals surface area contributed by atoms with Gasteiger partial charge in [0.1, 0.15) is 10.6 Å². The van der Waals surface area contributed by atoms with Crippen LogP contribution < -0.4 is 11.5 Å². The molecule has 8 nitrogen and oxygen atoms in total. The van der Waals surface area contributed by atoms with Crippen molar-refractivity contribution in [3.63, 3.8) is 0 Å². The predicted octanol–water partition coefficient (Wildman–Crippen LogP) is 2.70. The molecule has 0 atom stereocenters. The first-order valence-corrected chi connectivity index (χ1v) is 8.80. The maximum absolute atomic E-state index is 12.8. The van der Waals surface area contributed by atoms with Gasteiger partial charge in [-0.3, -0.25) is 9.89 Å². The van der Waals surface area contributed by atoms with Crippen molar-refractivity contribution in [2.75, 3.05) is 18.1 Å². The summed E-state index contributed by atoms with van der Waals surface area (Å²) in [6.45, 7) is 1.87. The van der Waals surface area contributed by atoms with Gasteiger partial charge in [0.15, 0.2) is 5.82 Å². The number of ether oxygens (including phenoxy) is 1. The molecule has 3 aromatic rings. The van der Waals surface area contributed by atoms with Crippen LogP contribution in [0.2, 0.25) is 0 Å². The molecule has 0 unspecified atom stereocenters. The molecule has 3 rings (SSSR count). The number of hydrogen-bond donors (Lipinski definition) is 3. The molecule has 10 heteroatoms. The average Bonchev–Trinajstić information content (AvgIpc) is 3.14. The van der Waals surface area contributed by atoms with Crippen molar-refractivity contribution in [2.45, 2.75) is 6.92 Å². The van der Waals surface area contributed by atoms with E-state index >= 15 is 0 Å². The van der Waals surface area contributed by atoms with E-state index in [1.807, 2.05) is 0 Å². The van der Waals surface area contributed by atoms with Crippen molar-refractivity contribution in [2.24, 2.45) is 0 Å². The number of rotatable bonds is 4. The van der Waals surface area contributed by atoms with E-state index < -0.39 is 5.97 Å². The van der Waals surface area contributed by atoms with Crippen LogP contribution in [-0.4, -0.2) is 33.2 Å². The van der Waals surface area contributed by atoms with Gasteiger partial charge in [-0.05, 0) is 31.3 Å². The number of carbonyl (C=O) groups excluding carboxylic acids is 2. The summed E-state index contributed by atoms with van der Waals surface area (Å²) in [7, 11) is 0. The molecule has 134 valence electrons. The molecule has 0 bridgehead atoms. The maximum Gasteiger partial charge on any atom is 0.343 e. The Labute approximate surface area is 157 Å². The number of nitrogens with zero attached hydrogens (tertiary/aromatic N) is 2. The van der Waals surface area contributed by atoms with Gasteiger partial charge in [-0.2, -0.15) is 5.10 Å². The number of nitrogen functional groups attached to an aromatic ring is 2. The summed E-state index contributed by atoms with van der Waals surface area (Å²) in [6, 6.07) is 8.62. The summed E-state index contributed by atoms with van der Waals surface area (Å²) < 4.78 is 6.31. The van der Waals surface area contributed by atoms with Crippen LogP contribution in [0, 0.1) is 4.77 Å². The van der Waals surface area contributed by atoms with Crippen LogP contribution in [0.3, 0.4) is 0 Å². The number of benzene rings is 1. The van der Waals surface area contributed by atoms with Crippen molar-refractivity contribution in [1.82, 2.24) is 14.8 Å². The van der Waals surface area contributed by atoms with Gasteiger partial charge in [-0.15, -0.1) is 11.3 Å².